The highest BCUT2D eigenvalue weighted by atomic mass is 32.1. The highest BCUT2D eigenvalue weighted by Gasteiger charge is 2.33. The highest BCUT2D eigenvalue weighted by molar-refractivity contribution is 7.21. The van der Waals surface area contributed by atoms with Gasteiger partial charge in [-0.1, -0.05) is 18.2 Å². The van der Waals surface area contributed by atoms with Gasteiger partial charge >= 0.3 is 0 Å². The van der Waals surface area contributed by atoms with Crippen LogP contribution in [0.3, 0.4) is 0 Å². The third-order valence-corrected chi connectivity index (χ3v) is 6.16. The summed E-state index contributed by atoms with van der Waals surface area (Å²) in [5.74, 6) is -0.290. The molecule has 0 aliphatic carbocycles. The Morgan fingerprint density at radius 2 is 2.04 bits per heavy atom. The normalized spacial score (nSPS) is 20.6. The summed E-state index contributed by atoms with van der Waals surface area (Å²) in [6.45, 7) is 3.99. The van der Waals surface area contributed by atoms with Gasteiger partial charge in [-0.2, -0.15) is 0 Å². The number of nitrogens with one attached hydrogen (secondary N) is 1. The van der Waals surface area contributed by atoms with Crippen LogP contribution in [0.2, 0.25) is 0 Å². The molecule has 2 fully saturated rings. The molecule has 142 valence electrons. The summed E-state index contributed by atoms with van der Waals surface area (Å²) in [5.41, 5.74) is 0.831. The van der Waals surface area contributed by atoms with Crippen LogP contribution < -0.4 is 5.32 Å². The summed E-state index contributed by atoms with van der Waals surface area (Å²) in [6.07, 6.45) is -0.351. The molecule has 0 saturated carbocycles. The van der Waals surface area contributed by atoms with Crippen molar-refractivity contribution >= 4 is 39.1 Å². The molecule has 2 saturated heterocycles. The smallest absolute Gasteiger partial charge is 0.264 e. The van der Waals surface area contributed by atoms with Crippen molar-refractivity contribution in [3.63, 3.8) is 0 Å². The molecule has 3 amide bonds. The SMILES string of the molecule is CC(=O)N1CCOC(c2c(C(=O)N3CCNC(=O)C3)sc3ccccc23)C1. The predicted octanol–water partition coefficient (Wildman–Crippen LogP) is 1.39. The number of hydrogen-bond donors (Lipinski definition) is 1. The lowest BCUT2D eigenvalue weighted by Gasteiger charge is -2.33. The number of ether oxygens (including phenoxy) is 1. The molecule has 0 radical (unpaired) electrons. The molecule has 0 bridgehead atoms. The zero-order valence-electron chi connectivity index (χ0n) is 15.1. The van der Waals surface area contributed by atoms with Crippen molar-refractivity contribution in [2.75, 3.05) is 39.3 Å². The fraction of sp³-hybridized carbons (Fsp3) is 0.421. The molecule has 1 N–H and O–H groups in total. The van der Waals surface area contributed by atoms with Crippen molar-refractivity contribution in [3.05, 3.63) is 34.7 Å². The summed E-state index contributed by atoms with van der Waals surface area (Å²) in [5, 5.41) is 3.72. The van der Waals surface area contributed by atoms with Gasteiger partial charge in [0.15, 0.2) is 0 Å². The first-order chi connectivity index (χ1) is 13.0. The van der Waals surface area contributed by atoms with Crippen LogP contribution in [0.5, 0.6) is 0 Å². The maximum Gasteiger partial charge on any atom is 0.264 e. The van der Waals surface area contributed by atoms with E-state index in [2.05, 4.69) is 5.32 Å². The predicted molar refractivity (Wildman–Crippen MR) is 102 cm³/mol. The maximum atomic E-state index is 13.2. The van der Waals surface area contributed by atoms with Gasteiger partial charge in [0.2, 0.25) is 11.8 Å². The van der Waals surface area contributed by atoms with E-state index < -0.39 is 0 Å². The quantitative estimate of drug-likeness (QED) is 0.845. The summed E-state index contributed by atoms with van der Waals surface area (Å²) in [4.78, 5) is 40.7. The zero-order valence-corrected chi connectivity index (χ0v) is 15.9. The Balaban J connectivity index is 1.74. The molecule has 7 nitrogen and oxygen atoms in total. The lowest BCUT2D eigenvalue weighted by molar-refractivity contribution is -0.136. The number of benzene rings is 1. The minimum Gasteiger partial charge on any atom is -0.370 e. The van der Waals surface area contributed by atoms with Gasteiger partial charge in [0.1, 0.15) is 6.10 Å². The number of fused-ring (bicyclic) bond motifs is 1. The number of piperazine rings is 1. The van der Waals surface area contributed by atoms with E-state index in [0.717, 1.165) is 15.6 Å². The van der Waals surface area contributed by atoms with Crippen LogP contribution in [0.25, 0.3) is 10.1 Å². The van der Waals surface area contributed by atoms with E-state index in [4.69, 9.17) is 4.74 Å². The Labute approximate surface area is 160 Å². The molecule has 0 spiro atoms. The molecule has 3 heterocycles. The number of hydrogen-bond acceptors (Lipinski definition) is 5. The Kier molecular flexibility index (Phi) is 4.84. The van der Waals surface area contributed by atoms with Crippen molar-refractivity contribution in [2.45, 2.75) is 13.0 Å². The molecular weight excluding hydrogens is 366 g/mol. The van der Waals surface area contributed by atoms with Gasteiger partial charge in [-0.05, 0) is 11.5 Å². The van der Waals surface area contributed by atoms with Crippen LogP contribution in [-0.2, 0) is 14.3 Å². The topological polar surface area (TPSA) is 79.0 Å². The maximum absolute atomic E-state index is 13.2. The first-order valence-electron chi connectivity index (χ1n) is 8.99. The van der Waals surface area contributed by atoms with Crippen LogP contribution in [0.15, 0.2) is 24.3 Å². The molecule has 2 aliphatic rings. The van der Waals surface area contributed by atoms with E-state index in [1.54, 1.807) is 16.7 Å². The van der Waals surface area contributed by atoms with Crippen molar-refractivity contribution < 1.29 is 19.1 Å². The van der Waals surface area contributed by atoms with Gasteiger partial charge in [0.25, 0.3) is 5.91 Å². The first-order valence-corrected chi connectivity index (χ1v) is 9.80. The number of carbonyl (C=O) groups excluding carboxylic acids is 3. The second-order valence-corrected chi connectivity index (χ2v) is 7.79. The molecule has 2 aromatic rings. The Bertz CT molecular complexity index is 909. The van der Waals surface area contributed by atoms with Crippen LogP contribution in [0.4, 0.5) is 0 Å². The summed E-state index contributed by atoms with van der Waals surface area (Å²) < 4.78 is 6.97. The average molecular weight is 387 g/mol. The molecular formula is C19H21N3O4S. The van der Waals surface area contributed by atoms with E-state index >= 15 is 0 Å². The number of carbonyl (C=O) groups is 3. The second-order valence-electron chi connectivity index (χ2n) is 6.74. The number of amides is 3. The van der Waals surface area contributed by atoms with Crippen LogP contribution in [0.1, 0.15) is 28.3 Å². The van der Waals surface area contributed by atoms with Gasteiger partial charge in [-0.3, -0.25) is 14.4 Å². The minimum atomic E-state index is -0.351. The summed E-state index contributed by atoms with van der Waals surface area (Å²) in [7, 11) is 0. The number of nitrogens with zero attached hydrogens (tertiary/aromatic N) is 2. The lowest BCUT2D eigenvalue weighted by Crippen LogP contribution is -2.50. The largest absolute Gasteiger partial charge is 0.370 e. The van der Waals surface area contributed by atoms with Crippen molar-refractivity contribution in [2.24, 2.45) is 0 Å². The second kappa shape index (κ2) is 7.28. The molecule has 27 heavy (non-hydrogen) atoms. The van der Waals surface area contributed by atoms with Crippen LogP contribution >= 0.6 is 11.3 Å². The monoisotopic (exact) mass is 387 g/mol. The molecule has 4 rings (SSSR count). The number of morpholine rings is 1. The van der Waals surface area contributed by atoms with Crippen molar-refractivity contribution in [1.82, 2.24) is 15.1 Å². The first kappa shape index (κ1) is 17.9. The van der Waals surface area contributed by atoms with Crippen molar-refractivity contribution in [3.8, 4) is 0 Å². The highest BCUT2D eigenvalue weighted by Crippen LogP contribution is 2.38. The Hall–Kier alpha value is -2.45. The number of rotatable bonds is 2. The summed E-state index contributed by atoms with van der Waals surface area (Å²) in [6, 6.07) is 7.84. The van der Waals surface area contributed by atoms with Crippen molar-refractivity contribution in [1.29, 1.82) is 0 Å². The van der Waals surface area contributed by atoms with E-state index in [1.807, 2.05) is 24.3 Å². The van der Waals surface area contributed by atoms with Gasteiger partial charge < -0.3 is 19.9 Å². The number of thiophene rings is 1. The molecule has 1 aromatic carbocycles. The Morgan fingerprint density at radius 3 is 2.81 bits per heavy atom. The Morgan fingerprint density at radius 1 is 1.22 bits per heavy atom. The molecule has 2 aliphatic heterocycles. The van der Waals surface area contributed by atoms with Gasteiger partial charge in [0.05, 0.1) is 24.6 Å². The van der Waals surface area contributed by atoms with Crippen LogP contribution in [-0.4, -0.2) is 66.9 Å². The summed E-state index contributed by atoms with van der Waals surface area (Å²) >= 11 is 1.42. The van der Waals surface area contributed by atoms with E-state index in [-0.39, 0.29) is 30.4 Å². The molecule has 1 aromatic heterocycles. The van der Waals surface area contributed by atoms with Gasteiger partial charge in [-0.25, -0.2) is 0 Å². The van der Waals surface area contributed by atoms with Crippen LogP contribution in [0, 0.1) is 0 Å². The van der Waals surface area contributed by atoms with Gasteiger partial charge in [-0.15, -0.1) is 11.3 Å². The average Bonchev–Trinajstić information content (AvgIpc) is 3.07. The fourth-order valence-electron chi connectivity index (χ4n) is 3.61. The van der Waals surface area contributed by atoms with E-state index in [9.17, 15) is 14.4 Å². The zero-order chi connectivity index (χ0) is 19.0. The molecule has 1 atom stereocenters. The standard InChI is InChI=1S/C19H21N3O4S/c1-12(23)21-8-9-26-14(10-21)17-13-4-2-3-5-15(13)27-18(17)19(25)22-7-6-20-16(24)11-22/h2-5,14H,6-11H2,1H3,(H,20,24). The fourth-order valence-corrected chi connectivity index (χ4v) is 4.83. The lowest BCUT2D eigenvalue weighted by atomic mass is 10.0. The third-order valence-electron chi connectivity index (χ3n) is 4.99. The molecule has 8 heteroatoms. The minimum absolute atomic E-state index is 0.00316. The van der Waals surface area contributed by atoms with Gasteiger partial charge in [0, 0.05) is 36.8 Å². The van der Waals surface area contributed by atoms with E-state index in [0.29, 0.717) is 37.7 Å². The van der Waals surface area contributed by atoms with E-state index in [1.165, 1.54) is 11.3 Å². The molecule has 1 unspecified atom stereocenters. The third kappa shape index (κ3) is 3.42.